The molecule has 0 bridgehead atoms. The van der Waals surface area contributed by atoms with E-state index in [1.165, 1.54) is 32.2 Å². The van der Waals surface area contributed by atoms with Crippen LogP contribution in [0.2, 0.25) is 0 Å². The number of hydrogen-bond donors (Lipinski definition) is 4. The molecule has 1 aromatic heterocycles. The van der Waals surface area contributed by atoms with Crippen LogP contribution in [0, 0.1) is 5.41 Å². The second-order valence-electron chi connectivity index (χ2n) is 5.60. The number of sulfonamides is 1. The monoisotopic (exact) mass is 420 g/mol. The van der Waals surface area contributed by atoms with E-state index in [9.17, 15) is 13.2 Å². The van der Waals surface area contributed by atoms with Crippen LogP contribution in [-0.2, 0) is 14.9 Å². The summed E-state index contributed by atoms with van der Waals surface area (Å²) in [4.78, 5) is 19.9. The van der Waals surface area contributed by atoms with Crippen LogP contribution < -0.4 is 20.5 Å². The van der Waals surface area contributed by atoms with Gasteiger partial charge in [-0.05, 0) is 31.2 Å². The topological polar surface area (TPSA) is 169 Å². The van der Waals surface area contributed by atoms with E-state index in [0.717, 1.165) is 12.4 Å². The van der Waals surface area contributed by atoms with E-state index in [2.05, 4.69) is 25.0 Å². The van der Waals surface area contributed by atoms with E-state index >= 15 is 0 Å². The average molecular weight is 420 g/mol. The van der Waals surface area contributed by atoms with E-state index in [0.29, 0.717) is 11.3 Å². The molecule has 0 spiro atoms. The molecule has 5 N–H and O–H groups in total. The van der Waals surface area contributed by atoms with Crippen molar-refractivity contribution in [2.75, 3.05) is 24.2 Å². The standard InChI is InChI=1S/C17H20N6O5S/c1-10(19)22-28-17(24)13-6-5-12(9-21-13)29(25,26)23-16-14(27-3)7-4-11(8-18)15(16)20-2/h4-9,18,20,23H,1-3H3,(H2,19,22). The molecule has 2 aromatic rings. The molecule has 0 saturated carbocycles. The number of nitrogens with zero attached hydrogens (tertiary/aromatic N) is 2. The number of nitrogens with two attached hydrogens (primary N) is 1. The van der Waals surface area contributed by atoms with Crippen molar-refractivity contribution in [3.8, 4) is 5.75 Å². The number of hydrogen-bond acceptors (Lipinski definition) is 9. The third-order valence-electron chi connectivity index (χ3n) is 3.59. The summed E-state index contributed by atoms with van der Waals surface area (Å²) >= 11 is 0. The first-order chi connectivity index (χ1) is 13.7. The Balaban J connectivity index is 2.36. The summed E-state index contributed by atoms with van der Waals surface area (Å²) in [6.45, 7) is 1.43. The Morgan fingerprint density at radius 1 is 1.28 bits per heavy atom. The third kappa shape index (κ3) is 4.99. The predicted octanol–water partition coefficient (Wildman–Crippen LogP) is 1.38. The van der Waals surface area contributed by atoms with Gasteiger partial charge in [0.2, 0.25) is 0 Å². The van der Waals surface area contributed by atoms with Crippen LogP contribution in [0.4, 0.5) is 11.4 Å². The van der Waals surface area contributed by atoms with Crippen molar-refractivity contribution >= 4 is 39.4 Å². The molecule has 0 radical (unpaired) electrons. The van der Waals surface area contributed by atoms with E-state index in [1.54, 1.807) is 13.1 Å². The van der Waals surface area contributed by atoms with Gasteiger partial charge in [0.15, 0.2) is 5.69 Å². The van der Waals surface area contributed by atoms with Crippen molar-refractivity contribution in [2.45, 2.75) is 11.8 Å². The smallest absolute Gasteiger partial charge is 0.383 e. The summed E-state index contributed by atoms with van der Waals surface area (Å²) in [7, 11) is -1.10. The third-order valence-corrected chi connectivity index (χ3v) is 4.92. The molecule has 0 aliphatic carbocycles. The number of amidine groups is 1. The number of pyridine rings is 1. The minimum Gasteiger partial charge on any atom is -0.494 e. The van der Waals surface area contributed by atoms with Crippen molar-refractivity contribution in [1.82, 2.24) is 4.98 Å². The van der Waals surface area contributed by atoms with E-state index in [1.807, 2.05) is 0 Å². The first-order valence-electron chi connectivity index (χ1n) is 8.13. The molecule has 1 aromatic carbocycles. The fourth-order valence-electron chi connectivity index (χ4n) is 2.27. The lowest BCUT2D eigenvalue weighted by atomic mass is 10.1. The molecule has 29 heavy (non-hydrogen) atoms. The van der Waals surface area contributed by atoms with Crippen molar-refractivity contribution in [2.24, 2.45) is 10.9 Å². The maximum absolute atomic E-state index is 12.8. The van der Waals surface area contributed by atoms with Gasteiger partial charge in [-0.15, -0.1) is 0 Å². The minimum atomic E-state index is -4.08. The summed E-state index contributed by atoms with van der Waals surface area (Å²) in [6, 6.07) is 5.53. The number of carbonyl (C=O) groups excluding carboxylic acids is 1. The lowest BCUT2D eigenvalue weighted by Crippen LogP contribution is -2.16. The van der Waals surface area contributed by atoms with Gasteiger partial charge >= 0.3 is 5.97 Å². The zero-order valence-corrected chi connectivity index (χ0v) is 16.7. The molecule has 11 nitrogen and oxygen atoms in total. The molecule has 0 saturated heterocycles. The zero-order valence-electron chi connectivity index (χ0n) is 15.9. The van der Waals surface area contributed by atoms with Gasteiger partial charge in [-0.3, -0.25) is 4.72 Å². The van der Waals surface area contributed by atoms with E-state index in [-0.39, 0.29) is 27.9 Å². The van der Waals surface area contributed by atoms with Crippen molar-refractivity contribution in [3.63, 3.8) is 0 Å². The minimum absolute atomic E-state index is 0.0446. The maximum Gasteiger partial charge on any atom is 0.383 e. The highest BCUT2D eigenvalue weighted by atomic mass is 32.2. The van der Waals surface area contributed by atoms with Crippen LogP contribution in [-0.4, -0.2) is 45.6 Å². The van der Waals surface area contributed by atoms with E-state index < -0.39 is 16.0 Å². The lowest BCUT2D eigenvalue weighted by molar-refractivity contribution is 0.0508. The summed E-state index contributed by atoms with van der Waals surface area (Å²) in [5.74, 6) is -0.584. The Morgan fingerprint density at radius 3 is 2.52 bits per heavy atom. The normalized spacial score (nSPS) is 11.5. The molecule has 0 unspecified atom stereocenters. The highest BCUT2D eigenvalue weighted by Crippen LogP contribution is 2.36. The Hall–Kier alpha value is -3.67. The second-order valence-corrected chi connectivity index (χ2v) is 7.28. The van der Waals surface area contributed by atoms with Gasteiger partial charge in [0.25, 0.3) is 10.0 Å². The largest absolute Gasteiger partial charge is 0.494 e. The van der Waals surface area contributed by atoms with E-state index in [4.69, 9.17) is 15.9 Å². The summed E-state index contributed by atoms with van der Waals surface area (Å²) in [5, 5.41) is 13.6. The summed E-state index contributed by atoms with van der Waals surface area (Å²) < 4.78 is 33.2. The van der Waals surface area contributed by atoms with Gasteiger partial charge in [0.1, 0.15) is 22.2 Å². The van der Waals surface area contributed by atoms with Gasteiger partial charge in [-0.2, -0.15) is 0 Å². The van der Waals surface area contributed by atoms with Crippen LogP contribution >= 0.6 is 0 Å². The highest BCUT2D eigenvalue weighted by Gasteiger charge is 2.22. The van der Waals surface area contributed by atoms with Gasteiger partial charge in [0, 0.05) is 25.0 Å². The highest BCUT2D eigenvalue weighted by molar-refractivity contribution is 7.92. The second kappa shape index (κ2) is 9.01. The fourth-order valence-corrected chi connectivity index (χ4v) is 3.30. The van der Waals surface area contributed by atoms with Gasteiger partial charge < -0.3 is 26.0 Å². The molecule has 0 atom stereocenters. The quantitative estimate of drug-likeness (QED) is 0.215. The molecular weight excluding hydrogens is 400 g/mol. The first kappa shape index (κ1) is 21.6. The molecule has 154 valence electrons. The molecule has 0 fully saturated rings. The average Bonchev–Trinajstić information content (AvgIpc) is 2.71. The van der Waals surface area contributed by atoms with Gasteiger partial charge in [-0.25, -0.2) is 18.2 Å². The van der Waals surface area contributed by atoms with Crippen LogP contribution in [0.25, 0.3) is 0 Å². The van der Waals surface area contributed by atoms with Crippen molar-refractivity contribution < 1.29 is 22.8 Å². The zero-order chi connectivity index (χ0) is 21.6. The Kier molecular flexibility index (Phi) is 6.72. The van der Waals surface area contributed by atoms with Crippen LogP contribution in [0.5, 0.6) is 5.75 Å². The van der Waals surface area contributed by atoms with Crippen LogP contribution in [0.15, 0.2) is 40.5 Å². The molecule has 2 rings (SSSR count). The predicted molar refractivity (Wildman–Crippen MR) is 108 cm³/mol. The molecule has 0 aliphatic heterocycles. The van der Waals surface area contributed by atoms with Gasteiger partial charge in [0.05, 0.1) is 12.8 Å². The molecule has 12 heteroatoms. The Bertz CT molecular complexity index is 1050. The summed E-state index contributed by atoms with van der Waals surface area (Å²) in [5.41, 5.74) is 6.09. The molecule has 0 aliphatic rings. The summed E-state index contributed by atoms with van der Waals surface area (Å²) in [6.07, 6.45) is 2.08. The number of carbonyl (C=O) groups is 1. The number of oxime groups is 1. The number of rotatable bonds is 8. The SMILES string of the molecule is CNc1c(C=N)ccc(OC)c1NS(=O)(=O)c1ccc(C(=O)O/N=C(/C)N)nc1. The number of methoxy groups -OCH3 is 1. The Morgan fingerprint density at radius 2 is 2.00 bits per heavy atom. The number of nitrogens with one attached hydrogen (secondary N) is 3. The van der Waals surface area contributed by atoms with Crippen molar-refractivity contribution in [1.29, 1.82) is 5.41 Å². The molecular formula is C17H20N6O5S. The number of aromatic nitrogens is 1. The number of ether oxygens (including phenoxy) is 1. The maximum atomic E-state index is 12.8. The van der Waals surface area contributed by atoms with Crippen molar-refractivity contribution in [3.05, 3.63) is 41.7 Å². The number of anilines is 2. The molecule has 1 heterocycles. The van der Waals surface area contributed by atoms with Crippen LogP contribution in [0.1, 0.15) is 23.0 Å². The first-order valence-corrected chi connectivity index (χ1v) is 9.61. The molecule has 0 amide bonds. The number of benzene rings is 1. The lowest BCUT2D eigenvalue weighted by Gasteiger charge is -2.17. The Labute approximate surface area is 167 Å². The van der Waals surface area contributed by atoms with Gasteiger partial charge in [-0.1, -0.05) is 5.16 Å². The fraction of sp³-hybridized carbons (Fsp3) is 0.176. The van der Waals surface area contributed by atoms with Crippen LogP contribution in [0.3, 0.4) is 0 Å².